The molecule has 1 aliphatic rings. The lowest BCUT2D eigenvalue weighted by Gasteiger charge is -2.20. The van der Waals surface area contributed by atoms with Crippen LogP contribution in [0.4, 0.5) is 0 Å². The number of aliphatic carboxylic acids is 1. The molecule has 0 aromatic heterocycles. The Labute approximate surface area is 129 Å². The first kappa shape index (κ1) is 15.8. The van der Waals surface area contributed by atoms with Crippen LogP contribution in [0.25, 0.3) is 0 Å². The number of carbonyl (C=O) groups is 2. The molecule has 2 rings (SSSR count). The van der Waals surface area contributed by atoms with Crippen LogP contribution in [0.3, 0.4) is 0 Å². The van der Waals surface area contributed by atoms with Gasteiger partial charge in [0.2, 0.25) is 5.91 Å². The fraction of sp³-hybridized carbons (Fsp3) is 0.500. The lowest BCUT2D eigenvalue weighted by Crippen LogP contribution is -2.37. The predicted octanol–water partition coefficient (Wildman–Crippen LogP) is 2.90. The summed E-state index contributed by atoms with van der Waals surface area (Å²) in [5.41, 5.74) is 2.01. The van der Waals surface area contributed by atoms with Gasteiger partial charge in [-0.15, -0.1) is 0 Å². The number of rotatable bonds is 7. The van der Waals surface area contributed by atoms with Crippen LogP contribution >= 0.6 is 11.6 Å². The smallest absolute Gasteiger partial charge is 0.323 e. The van der Waals surface area contributed by atoms with E-state index in [0.717, 1.165) is 24.0 Å². The van der Waals surface area contributed by atoms with E-state index in [-0.39, 0.29) is 12.5 Å². The van der Waals surface area contributed by atoms with Gasteiger partial charge < -0.3 is 10.0 Å². The quantitative estimate of drug-likeness (QED) is 0.842. The van der Waals surface area contributed by atoms with E-state index in [1.807, 2.05) is 25.1 Å². The molecule has 114 valence electrons. The summed E-state index contributed by atoms with van der Waals surface area (Å²) in [4.78, 5) is 24.5. The lowest BCUT2D eigenvalue weighted by molar-refractivity contribution is -0.144. The first-order chi connectivity index (χ1) is 9.95. The summed E-state index contributed by atoms with van der Waals surface area (Å²) in [6, 6.07) is 5.75. The summed E-state index contributed by atoms with van der Waals surface area (Å²) in [7, 11) is 0. The van der Waals surface area contributed by atoms with Gasteiger partial charge in [-0.2, -0.15) is 0 Å². The van der Waals surface area contributed by atoms with Gasteiger partial charge in [-0.3, -0.25) is 9.59 Å². The van der Waals surface area contributed by atoms with Gasteiger partial charge in [0.25, 0.3) is 0 Å². The van der Waals surface area contributed by atoms with Crippen molar-refractivity contribution in [3.8, 4) is 0 Å². The maximum atomic E-state index is 12.2. The van der Waals surface area contributed by atoms with Crippen molar-refractivity contribution in [2.75, 3.05) is 13.1 Å². The minimum Gasteiger partial charge on any atom is -0.480 e. The molecule has 0 atom stereocenters. The Morgan fingerprint density at radius 3 is 2.67 bits per heavy atom. The van der Waals surface area contributed by atoms with Crippen molar-refractivity contribution >= 4 is 23.5 Å². The zero-order chi connectivity index (χ0) is 15.4. The summed E-state index contributed by atoms with van der Waals surface area (Å²) >= 11 is 6.06. The molecular formula is C16H20ClNO3. The molecule has 1 aromatic carbocycles. The molecule has 0 unspecified atom stereocenters. The van der Waals surface area contributed by atoms with E-state index in [9.17, 15) is 9.59 Å². The topological polar surface area (TPSA) is 57.6 Å². The largest absolute Gasteiger partial charge is 0.480 e. The first-order valence-electron chi connectivity index (χ1n) is 7.20. The van der Waals surface area contributed by atoms with Gasteiger partial charge in [0.1, 0.15) is 6.54 Å². The van der Waals surface area contributed by atoms with E-state index in [4.69, 9.17) is 16.7 Å². The number of carboxylic acids is 1. The first-order valence-corrected chi connectivity index (χ1v) is 7.58. The zero-order valence-electron chi connectivity index (χ0n) is 12.1. The lowest BCUT2D eigenvalue weighted by atomic mass is 10.1. The summed E-state index contributed by atoms with van der Waals surface area (Å²) in [6.45, 7) is 2.30. The molecule has 21 heavy (non-hydrogen) atoms. The van der Waals surface area contributed by atoms with Gasteiger partial charge in [-0.1, -0.05) is 23.7 Å². The molecule has 5 heteroatoms. The van der Waals surface area contributed by atoms with E-state index in [2.05, 4.69) is 0 Å². The maximum absolute atomic E-state index is 12.2. The molecular weight excluding hydrogens is 290 g/mol. The molecule has 0 radical (unpaired) electrons. The van der Waals surface area contributed by atoms with Crippen molar-refractivity contribution < 1.29 is 14.7 Å². The molecule has 0 spiro atoms. The highest BCUT2D eigenvalue weighted by atomic mass is 35.5. The number of benzene rings is 1. The molecule has 0 bridgehead atoms. The molecule has 1 aliphatic carbocycles. The minimum atomic E-state index is -0.956. The summed E-state index contributed by atoms with van der Waals surface area (Å²) in [5, 5.41) is 9.60. The Kier molecular flexibility index (Phi) is 5.23. The number of halogens is 1. The molecule has 1 aromatic rings. The molecule has 0 saturated heterocycles. The van der Waals surface area contributed by atoms with Gasteiger partial charge >= 0.3 is 5.97 Å². The van der Waals surface area contributed by atoms with E-state index in [1.54, 1.807) is 0 Å². The highest BCUT2D eigenvalue weighted by Gasteiger charge is 2.27. The van der Waals surface area contributed by atoms with Gasteiger partial charge in [-0.25, -0.2) is 0 Å². The molecule has 4 nitrogen and oxygen atoms in total. The van der Waals surface area contributed by atoms with Crippen molar-refractivity contribution in [2.45, 2.75) is 32.6 Å². The van der Waals surface area contributed by atoms with Crippen molar-refractivity contribution in [2.24, 2.45) is 5.92 Å². The van der Waals surface area contributed by atoms with Gasteiger partial charge in [0, 0.05) is 18.0 Å². The third-order valence-electron chi connectivity index (χ3n) is 3.72. The van der Waals surface area contributed by atoms with Crippen LogP contribution in [0.1, 0.15) is 30.4 Å². The third-order valence-corrected chi connectivity index (χ3v) is 4.13. The molecule has 0 heterocycles. The number of hydrogen-bond acceptors (Lipinski definition) is 2. The Hall–Kier alpha value is -1.55. The molecule has 1 N–H and O–H groups in total. The number of carboxylic acid groups (broad SMARTS) is 1. The number of aryl methyl sites for hydroxylation is 2. The van der Waals surface area contributed by atoms with Crippen LogP contribution in [0, 0.1) is 12.8 Å². The number of nitrogens with zero attached hydrogens (tertiary/aromatic N) is 1. The van der Waals surface area contributed by atoms with Crippen LogP contribution in [-0.2, 0) is 16.0 Å². The fourth-order valence-corrected chi connectivity index (χ4v) is 2.43. The van der Waals surface area contributed by atoms with Crippen molar-refractivity contribution in [1.82, 2.24) is 4.90 Å². The third kappa shape index (κ3) is 5.05. The zero-order valence-corrected chi connectivity index (χ0v) is 12.9. The van der Waals surface area contributed by atoms with Crippen LogP contribution in [0.15, 0.2) is 18.2 Å². The molecule has 1 saturated carbocycles. The number of amides is 1. The van der Waals surface area contributed by atoms with E-state index < -0.39 is 5.97 Å². The van der Waals surface area contributed by atoms with Gasteiger partial charge in [-0.05, 0) is 49.3 Å². The number of carbonyl (C=O) groups excluding carboxylic acids is 1. The van der Waals surface area contributed by atoms with Crippen molar-refractivity contribution in [3.63, 3.8) is 0 Å². The molecule has 1 amide bonds. The second-order valence-corrected chi connectivity index (χ2v) is 6.10. The SMILES string of the molecule is Cc1ccc(CCC(=O)N(CC(=O)O)CC2CC2)cc1Cl. The maximum Gasteiger partial charge on any atom is 0.323 e. The summed E-state index contributed by atoms with van der Waals surface area (Å²) in [6.07, 6.45) is 3.09. The standard InChI is InChI=1S/C16H20ClNO3/c1-11-2-3-12(8-14(11)17)6-7-15(19)18(10-16(20)21)9-13-4-5-13/h2-3,8,13H,4-7,9-10H2,1H3,(H,20,21). The van der Waals surface area contributed by atoms with Crippen LogP contribution in [0.5, 0.6) is 0 Å². The normalized spacial score (nSPS) is 14.0. The second-order valence-electron chi connectivity index (χ2n) is 5.69. The fourth-order valence-electron chi connectivity index (χ4n) is 2.23. The second kappa shape index (κ2) is 6.94. The van der Waals surface area contributed by atoms with Crippen LogP contribution in [0.2, 0.25) is 5.02 Å². The average Bonchev–Trinajstić information content (AvgIpc) is 3.22. The minimum absolute atomic E-state index is 0.0963. The average molecular weight is 310 g/mol. The molecule has 0 aliphatic heterocycles. The van der Waals surface area contributed by atoms with Crippen molar-refractivity contribution in [1.29, 1.82) is 0 Å². The summed E-state index contributed by atoms with van der Waals surface area (Å²) in [5.74, 6) is -0.564. The highest BCUT2D eigenvalue weighted by Crippen LogP contribution is 2.30. The predicted molar refractivity (Wildman–Crippen MR) is 81.4 cm³/mol. The number of hydrogen-bond donors (Lipinski definition) is 1. The Morgan fingerprint density at radius 2 is 2.10 bits per heavy atom. The Balaban J connectivity index is 1.90. The van der Waals surface area contributed by atoms with Gasteiger partial charge in [0.05, 0.1) is 0 Å². The van der Waals surface area contributed by atoms with Crippen LogP contribution < -0.4 is 0 Å². The highest BCUT2D eigenvalue weighted by molar-refractivity contribution is 6.31. The molecule has 1 fully saturated rings. The van der Waals surface area contributed by atoms with E-state index in [0.29, 0.717) is 30.3 Å². The Bertz CT molecular complexity index is 540. The Morgan fingerprint density at radius 1 is 1.38 bits per heavy atom. The van der Waals surface area contributed by atoms with E-state index >= 15 is 0 Å². The van der Waals surface area contributed by atoms with Crippen molar-refractivity contribution in [3.05, 3.63) is 34.3 Å². The van der Waals surface area contributed by atoms with E-state index in [1.165, 1.54) is 4.90 Å². The monoisotopic (exact) mass is 309 g/mol. The van der Waals surface area contributed by atoms with Gasteiger partial charge in [0.15, 0.2) is 0 Å². The van der Waals surface area contributed by atoms with Crippen LogP contribution in [-0.4, -0.2) is 35.0 Å². The summed E-state index contributed by atoms with van der Waals surface area (Å²) < 4.78 is 0.